The molecule has 1 aromatic carbocycles. The second kappa shape index (κ2) is 7.52. The lowest BCUT2D eigenvalue weighted by Crippen LogP contribution is -2.27. The number of rotatable bonds is 7. The number of benzene rings is 1. The molecule has 0 spiro atoms. The van der Waals surface area contributed by atoms with Crippen molar-refractivity contribution in [3.8, 4) is 5.75 Å². The quantitative estimate of drug-likeness (QED) is 0.427. The summed E-state index contributed by atoms with van der Waals surface area (Å²) >= 11 is 0. The third kappa shape index (κ3) is 5.38. The van der Waals surface area contributed by atoms with Crippen LogP contribution in [0.4, 0.5) is 0 Å². The zero-order valence-corrected chi connectivity index (χ0v) is 16.4. The van der Waals surface area contributed by atoms with E-state index in [2.05, 4.69) is 82.1 Å². The smallest absolute Gasteiger partial charge is 0.119 e. The summed E-state index contributed by atoms with van der Waals surface area (Å²) in [6.07, 6.45) is 11.2. The molecule has 126 valence electrons. The first-order valence-electron chi connectivity index (χ1n) is 8.86. The summed E-state index contributed by atoms with van der Waals surface area (Å²) in [6, 6.07) is 10.1. The van der Waals surface area contributed by atoms with Gasteiger partial charge in [-0.1, -0.05) is 76.0 Å². The fraction of sp³-hybridized carbons (Fsp3) is 0.524. The Bertz CT molecular complexity index is 546. The fourth-order valence-electron chi connectivity index (χ4n) is 3.10. The summed E-state index contributed by atoms with van der Waals surface area (Å²) < 4.78 is 5.91. The SMILES string of the molecule is CC(C)(c1ccc(OCCC[Si](C)(C)C)cc1)C1C=CC=CC1. The van der Waals surface area contributed by atoms with E-state index >= 15 is 0 Å². The first-order valence-corrected chi connectivity index (χ1v) is 12.6. The molecule has 0 heterocycles. The molecule has 0 N–H and O–H groups in total. The van der Waals surface area contributed by atoms with Crippen molar-refractivity contribution in [2.45, 2.75) is 57.8 Å². The van der Waals surface area contributed by atoms with Crippen molar-refractivity contribution in [3.05, 3.63) is 54.1 Å². The molecule has 0 saturated carbocycles. The van der Waals surface area contributed by atoms with E-state index < -0.39 is 8.07 Å². The van der Waals surface area contributed by atoms with E-state index in [1.807, 2.05) is 0 Å². The van der Waals surface area contributed by atoms with Crippen LogP contribution in [-0.2, 0) is 5.41 Å². The first-order chi connectivity index (χ1) is 10.8. The monoisotopic (exact) mass is 328 g/mol. The average Bonchev–Trinajstić information content (AvgIpc) is 2.52. The Morgan fingerprint density at radius 1 is 1.09 bits per heavy atom. The van der Waals surface area contributed by atoms with Crippen LogP contribution in [0.5, 0.6) is 5.75 Å². The van der Waals surface area contributed by atoms with Crippen molar-refractivity contribution in [3.63, 3.8) is 0 Å². The Morgan fingerprint density at radius 3 is 2.35 bits per heavy atom. The molecule has 1 aromatic rings. The summed E-state index contributed by atoms with van der Waals surface area (Å²) in [4.78, 5) is 0. The summed E-state index contributed by atoms with van der Waals surface area (Å²) in [5, 5.41) is 0. The van der Waals surface area contributed by atoms with Crippen molar-refractivity contribution in [1.29, 1.82) is 0 Å². The molecule has 1 atom stereocenters. The maximum atomic E-state index is 5.91. The number of hydrogen-bond acceptors (Lipinski definition) is 1. The standard InChI is InChI=1S/C21H32OSi/c1-21(2,18-10-7-6-8-11-18)19-12-14-20(15-13-19)22-16-9-17-23(3,4)5/h6-8,10,12-15,18H,9,11,16-17H2,1-5H3. The van der Waals surface area contributed by atoms with Gasteiger partial charge in [-0.05, 0) is 41.9 Å². The minimum atomic E-state index is -0.940. The molecule has 0 amide bonds. The highest BCUT2D eigenvalue weighted by atomic mass is 28.3. The Morgan fingerprint density at radius 2 is 1.78 bits per heavy atom. The van der Waals surface area contributed by atoms with Crippen LogP contribution in [-0.4, -0.2) is 14.7 Å². The van der Waals surface area contributed by atoms with Crippen molar-refractivity contribution in [2.24, 2.45) is 5.92 Å². The van der Waals surface area contributed by atoms with E-state index in [4.69, 9.17) is 4.74 Å². The van der Waals surface area contributed by atoms with Gasteiger partial charge < -0.3 is 4.74 Å². The van der Waals surface area contributed by atoms with Crippen LogP contribution in [0, 0.1) is 5.92 Å². The van der Waals surface area contributed by atoms with Crippen LogP contribution in [0.2, 0.25) is 25.7 Å². The molecule has 0 bridgehead atoms. The van der Waals surface area contributed by atoms with E-state index in [-0.39, 0.29) is 5.41 Å². The minimum Gasteiger partial charge on any atom is -0.494 e. The van der Waals surface area contributed by atoms with E-state index in [0.29, 0.717) is 5.92 Å². The lowest BCUT2D eigenvalue weighted by atomic mass is 9.71. The van der Waals surface area contributed by atoms with E-state index in [1.54, 1.807) is 0 Å². The molecule has 0 aromatic heterocycles. The first kappa shape index (κ1) is 18.1. The molecular weight excluding hydrogens is 296 g/mol. The molecule has 1 unspecified atom stereocenters. The predicted molar refractivity (Wildman–Crippen MR) is 104 cm³/mol. The van der Waals surface area contributed by atoms with Gasteiger partial charge in [0, 0.05) is 8.07 Å². The number of hydrogen-bond donors (Lipinski definition) is 0. The van der Waals surface area contributed by atoms with Crippen molar-refractivity contribution >= 4 is 8.07 Å². The summed E-state index contributed by atoms with van der Waals surface area (Å²) in [7, 11) is -0.940. The molecule has 0 aliphatic heterocycles. The van der Waals surface area contributed by atoms with Crippen LogP contribution in [0.3, 0.4) is 0 Å². The molecule has 1 nitrogen and oxygen atoms in total. The van der Waals surface area contributed by atoms with Gasteiger partial charge in [0.25, 0.3) is 0 Å². The second-order valence-electron chi connectivity index (χ2n) is 8.41. The molecule has 2 rings (SSSR count). The Hall–Kier alpha value is -1.28. The fourth-order valence-corrected chi connectivity index (χ4v) is 4.31. The maximum absolute atomic E-state index is 5.91. The maximum Gasteiger partial charge on any atom is 0.119 e. The normalized spacial score (nSPS) is 18.2. The molecule has 0 saturated heterocycles. The Labute approximate surface area is 143 Å². The topological polar surface area (TPSA) is 9.23 Å². The van der Waals surface area contributed by atoms with Crippen LogP contribution >= 0.6 is 0 Å². The van der Waals surface area contributed by atoms with E-state index in [1.165, 1.54) is 18.0 Å². The highest BCUT2D eigenvalue weighted by molar-refractivity contribution is 6.76. The van der Waals surface area contributed by atoms with Gasteiger partial charge in [-0.15, -0.1) is 0 Å². The minimum absolute atomic E-state index is 0.150. The van der Waals surface area contributed by atoms with Gasteiger partial charge in [-0.2, -0.15) is 0 Å². The van der Waals surface area contributed by atoms with Gasteiger partial charge in [-0.25, -0.2) is 0 Å². The molecule has 0 fully saturated rings. The molecule has 0 radical (unpaired) electrons. The van der Waals surface area contributed by atoms with Crippen LogP contribution in [0.1, 0.15) is 32.3 Å². The van der Waals surface area contributed by atoms with E-state index in [9.17, 15) is 0 Å². The zero-order chi connectivity index (χ0) is 16.9. The summed E-state index contributed by atoms with van der Waals surface area (Å²) in [5.41, 5.74) is 1.54. The van der Waals surface area contributed by atoms with Crippen LogP contribution in [0.15, 0.2) is 48.6 Å². The van der Waals surface area contributed by atoms with Crippen molar-refractivity contribution < 1.29 is 4.74 Å². The molecule has 23 heavy (non-hydrogen) atoms. The lowest BCUT2D eigenvalue weighted by molar-refractivity contribution is 0.316. The molecule has 1 aliphatic carbocycles. The number of allylic oxidation sites excluding steroid dienone is 4. The largest absolute Gasteiger partial charge is 0.494 e. The van der Waals surface area contributed by atoms with Crippen molar-refractivity contribution in [1.82, 2.24) is 0 Å². The Balaban J connectivity index is 1.91. The van der Waals surface area contributed by atoms with E-state index in [0.717, 1.165) is 18.8 Å². The lowest BCUT2D eigenvalue weighted by Gasteiger charge is -2.33. The van der Waals surface area contributed by atoms with Gasteiger partial charge in [0.05, 0.1) is 6.61 Å². The zero-order valence-electron chi connectivity index (χ0n) is 15.4. The highest BCUT2D eigenvalue weighted by Gasteiger charge is 2.29. The second-order valence-corrected chi connectivity index (χ2v) is 14.0. The third-order valence-electron chi connectivity index (χ3n) is 4.85. The molecule has 2 heteroatoms. The average molecular weight is 329 g/mol. The van der Waals surface area contributed by atoms with Gasteiger partial charge in [0.15, 0.2) is 0 Å². The molecular formula is C21H32OSi. The van der Waals surface area contributed by atoms with Crippen molar-refractivity contribution in [2.75, 3.05) is 6.61 Å². The highest BCUT2D eigenvalue weighted by Crippen LogP contribution is 2.36. The molecule has 1 aliphatic rings. The Kier molecular flexibility index (Phi) is 5.91. The van der Waals surface area contributed by atoms with Crippen LogP contribution < -0.4 is 4.74 Å². The predicted octanol–water partition coefficient (Wildman–Crippen LogP) is 6.20. The van der Waals surface area contributed by atoms with Gasteiger partial charge in [-0.3, -0.25) is 0 Å². The number of ether oxygens (including phenoxy) is 1. The van der Waals surface area contributed by atoms with Crippen LogP contribution in [0.25, 0.3) is 0 Å². The van der Waals surface area contributed by atoms with Gasteiger partial charge in [0.1, 0.15) is 5.75 Å². The summed E-state index contributed by atoms with van der Waals surface area (Å²) in [5.74, 6) is 1.57. The van der Waals surface area contributed by atoms with Gasteiger partial charge >= 0.3 is 0 Å². The van der Waals surface area contributed by atoms with Gasteiger partial charge in [0.2, 0.25) is 0 Å². The summed E-state index contributed by atoms with van der Waals surface area (Å²) in [6.45, 7) is 12.8. The third-order valence-corrected chi connectivity index (χ3v) is 6.70.